The van der Waals surface area contributed by atoms with Crippen molar-refractivity contribution in [1.82, 2.24) is 4.90 Å². The van der Waals surface area contributed by atoms with Crippen molar-refractivity contribution in [3.63, 3.8) is 0 Å². The van der Waals surface area contributed by atoms with Crippen LogP contribution >= 0.6 is 0 Å². The molecule has 0 amide bonds. The minimum atomic E-state index is -0.409. The van der Waals surface area contributed by atoms with E-state index in [-0.39, 0.29) is 5.69 Å². The summed E-state index contributed by atoms with van der Waals surface area (Å²) < 4.78 is 11.3. The fourth-order valence-corrected chi connectivity index (χ4v) is 2.78. The van der Waals surface area contributed by atoms with Crippen molar-refractivity contribution in [2.75, 3.05) is 26.2 Å². The van der Waals surface area contributed by atoms with E-state index in [1.165, 1.54) is 12.1 Å². The molecule has 6 heteroatoms. The highest BCUT2D eigenvalue weighted by Crippen LogP contribution is 2.19. The van der Waals surface area contributed by atoms with Crippen molar-refractivity contribution in [2.24, 2.45) is 0 Å². The van der Waals surface area contributed by atoms with Crippen molar-refractivity contribution in [3.8, 4) is 5.75 Å². The molecule has 1 aromatic carbocycles. The molecule has 122 valence electrons. The van der Waals surface area contributed by atoms with E-state index in [1.807, 2.05) is 0 Å². The third-order valence-corrected chi connectivity index (χ3v) is 3.66. The number of rotatable bonds is 7. The van der Waals surface area contributed by atoms with Gasteiger partial charge in [-0.05, 0) is 39.3 Å². The van der Waals surface area contributed by atoms with E-state index in [2.05, 4.69) is 18.7 Å². The zero-order chi connectivity index (χ0) is 15.9. The summed E-state index contributed by atoms with van der Waals surface area (Å²) in [7, 11) is 0. The van der Waals surface area contributed by atoms with Gasteiger partial charge in [-0.1, -0.05) is 6.07 Å². The lowest BCUT2D eigenvalue weighted by molar-refractivity contribution is -0.384. The molecule has 22 heavy (non-hydrogen) atoms. The van der Waals surface area contributed by atoms with Gasteiger partial charge in [0.05, 0.1) is 29.8 Å². The first kappa shape index (κ1) is 16.7. The van der Waals surface area contributed by atoms with E-state index in [4.69, 9.17) is 9.47 Å². The first-order chi connectivity index (χ1) is 10.5. The number of hydrogen-bond acceptors (Lipinski definition) is 5. The van der Waals surface area contributed by atoms with Crippen LogP contribution in [0.1, 0.15) is 26.7 Å². The van der Waals surface area contributed by atoms with Gasteiger partial charge < -0.3 is 9.47 Å². The monoisotopic (exact) mass is 308 g/mol. The van der Waals surface area contributed by atoms with E-state index in [9.17, 15) is 10.1 Å². The van der Waals surface area contributed by atoms with E-state index >= 15 is 0 Å². The molecule has 1 aliphatic heterocycles. The number of benzene rings is 1. The molecule has 0 radical (unpaired) electrons. The third kappa shape index (κ3) is 5.27. The van der Waals surface area contributed by atoms with Crippen molar-refractivity contribution >= 4 is 5.69 Å². The lowest BCUT2D eigenvalue weighted by atomic mass is 10.2. The Bertz CT molecular complexity index is 485. The lowest BCUT2D eigenvalue weighted by Crippen LogP contribution is -2.45. The van der Waals surface area contributed by atoms with Crippen molar-refractivity contribution in [1.29, 1.82) is 0 Å². The number of hydrogen-bond donors (Lipinski definition) is 0. The Morgan fingerprint density at radius 3 is 2.73 bits per heavy atom. The van der Waals surface area contributed by atoms with E-state index in [0.717, 1.165) is 32.5 Å². The molecule has 0 saturated carbocycles. The van der Waals surface area contributed by atoms with E-state index in [0.29, 0.717) is 24.6 Å². The van der Waals surface area contributed by atoms with Crippen LogP contribution in [0.25, 0.3) is 0 Å². The summed E-state index contributed by atoms with van der Waals surface area (Å²) in [6.07, 6.45) is 2.58. The number of morpholine rings is 1. The minimum Gasteiger partial charge on any atom is -0.493 e. The molecule has 0 N–H and O–H groups in total. The zero-order valence-electron chi connectivity index (χ0n) is 13.2. The first-order valence-electron chi connectivity index (χ1n) is 7.79. The van der Waals surface area contributed by atoms with Gasteiger partial charge >= 0.3 is 0 Å². The second-order valence-electron chi connectivity index (χ2n) is 5.83. The van der Waals surface area contributed by atoms with Crippen LogP contribution in [-0.2, 0) is 4.74 Å². The maximum Gasteiger partial charge on any atom is 0.273 e. The summed E-state index contributed by atoms with van der Waals surface area (Å²) in [6, 6.07) is 6.32. The summed E-state index contributed by atoms with van der Waals surface area (Å²) in [5.74, 6) is 0.558. The highest BCUT2D eigenvalue weighted by Gasteiger charge is 2.21. The Hall–Kier alpha value is -1.66. The van der Waals surface area contributed by atoms with Crippen LogP contribution in [0.15, 0.2) is 24.3 Å². The van der Waals surface area contributed by atoms with Crippen LogP contribution < -0.4 is 4.74 Å². The van der Waals surface area contributed by atoms with Gasteiger partial charge in [0.1, 0.15) is 5.75 Å². The predicted molar refractivity (Wildman–Crippen MR) is 84.3 cm³/mol. The molecule has 0 spiro atoms. The van der Waals surface area contributed by atoms with Gasteiger partial charge in [0.2, 0.25) is 0 Å². The molecule has 0 bridgehead atoms. The Morgan fingerprint density at radius 2 is 2.05 bits per heavy atom. The number of non-ortho nitro benzene ring substituents is 1. The standard InChI is InChI=1S/C16H24N2O4/c1-13-11-17(12-14(2)22-13)8-3-4-9-21-16-7-5-6-15(10-16)18(19)20/h5-7,10,13-14H,3-4,8-9,11-12H2,1-2H3. The zero-order valence-corrected chi connectivity index (χ0v) is 13.2. The van der Waals surface area contributed by atoms with Crippen molar-refractivity contribution in [3.05, 3.63) is 34.4 Å². The molecular formula is C16H24N2O4. The van der Waals surface area contributed by atoms with Crippen LogP contribution in [0.2, 0.25) is 0 Å². The number of nitro groups is 1. The number of nitrogens with zero attached hydrogens (tertiary/aromatic N) is 2. The van der Waals surface area contributed by atoms with Crippen molar-refractivity contribution in [2.45, 2.75) is 38.9 Å². The molecule has 1 fully saturated rings. The molecular weight excluding hydrogens is 284 g/mol. The molecule has 2 unspecified atom stereocenters. The summed E-state index contributed by atoms with van der Waals surface area (Å²) >= 11 is 0. The topological polar surface area (TPSA) is 64.8 Å². The van der Waals surface area contributed by atoms with Gasteiger partial charge in [0, 0.05) is 19.2 Å². The molecule has 0 aromatic heterocycles. The molecule has 1 saturated heterocycles. The normalized spacial score (nSPS) is 22.5. The van der Waals surface area contributed by atoms with Gasteiger partial charge in [-0.2, -0.15) is 0 Å². The molecule has 2 atom stereocenters. The summed E-state index contributed by atoms with van der Waals surface area (Å²) in [5.41, 5.74) is 0.0637. The van der Waals surface area contributed by atoms with E-state index < -0.39 is 4.92 Å². The smallest absolute Gasteiger partial charge is 0.273 e. The van der Waals surface area contributed by atoms with Crippen LogP contribution in [0.4, 0.5) is 5.69 Å². The Balaban J connectivity index is 1.65. The van der Waals surface area contributed by atoms with Crippen LogP contribution in [-0.4, -0.2) is 48.3 Å². The fraction of sp³-hybridized carbons (Fsp3) is 0.625. The third-order valence-electron chi connectivity index (χ3n) is 3.66. The maximum absolute atomic E-state index is 10.7. The quantitative estimate of drug-likeness (QED) is 0.440. The summed E-state index contributed by atoms with van der Waals surface area (Å²) in [4.78, 5) is 12.7. The highest BCUT2D eigenvalue weighted by atomic mass is 16.6. The Labute approximate surface area is 131 Å². The molecule has 1 aliphatic rings. The lowest BCUT2D eigenvalue weighted by Gasteiger charge is -2.35. The van der Waals surface area contributed by atoms with Gasteiger partial charge in [0.25, 0.3) is 5.69 Å². The first-order valence-corrected chi connectivity index (χ1v) is 7.79. The Kier molecular flexibility index (Phi) is 6.15. The Morgan fingerprint density at radius 1 is 1.32 bits per heavy atom. The summed E-state index contributed by atoms with van der Waals surface area (Å²) in [6.45, 7) is 7.79. The van der Waals surface area contributed by atoms with Crippen LogP contribution in [0.3, 0.4) is 0 Å². The number of nitro benzene ring substituents is 1. The van der Waals surface area contributed by atoms with Gasteiger partial charge in [0.15, 0.2) is 0 Å². The molecule has 6 nitrogen and oxygen atoms in total. The second-order valence-corrected chi connectivity index (χ2v) is 5.83. The van der Waals surface area contributed by atoms with E-state index in [1.54, 1.807) is 12.1 Å². The SMILES string of the molecule is CC1CN(CCCCOc2cccc([N+](=O)[O-])c2)CC(C)O1. The second kappa shape index (κ2) is 8.10. The predicted octanol–water partition coefficient (Wildman–Crippen LogP) is 2.86. The van der Waals surface area contributed by atoms with Crippen LogP contribution in [0, 0.1) is 10.1 Å². The van der Waals surface area contributed by atoms with Crippen molar-refractivity contribution < 1.29 is 14.4 Å². The summed E-state index contributed by atoms with van der Waals surface area (Å²) in [5, 5.41) is 10.7. The average molecular weight is 308 g/mol. The minimum absolute atomic E-state index is 0.0637. The van der Waals surface area contributed by atoms with Gasteiger partial charge in [-0.25, -0.2) is 0 Å². The molecule has 1 heterocycles. The highest BCUT2D eigenvalue weighted by molar-refractivity contribution is 5.37. The van der Waals surface area contributed by atoms with Gasteiger partial charge in [-0.3, -0.25) is 15.0 Å². The molecule has 0 aliphatic carbocycles. The molecule has 1 aromatic rings. The molecule has 2 rings (SSSR count). The fourth-order valence-electron chi connectivity index (χ4n) is 2.78. The average Bonchev–Trinajstić information content (AvgIpc) is 2.46. The largest absolute Gasteiger partial charge is 0.493 e. The number of ether oxygens (including phenoxy) is 2. The van der Waals surface area contributed by atoms with Crippen LogP contribution in [0.5, 0.6) is 5.75 Å². The number of unbranched alkanes of at least 4 members (excludes halogenated alkanes) is 1. The van der Waals surface area contributed by atoms with Gasteiger partial charge in [-0.15, -0.1) is 0 Å². The maximum atomic E-state index is 10.7.